The zero-order valence-electron chi connectivity index (χ0n) is 14.0. The van der Waals surface area contributed by atoms with Crippen molar-refractivity contribution >= 4 is 11.8 Å². The van der Waals surface area contributed by atoms with Gasteiger partial charge in [0, 0.05) is 33.2 Å². The van der Waals surface area contributed by atoms with Crippen LogP contribution >= 0.6 is 0 Å². The first-order valence-corrected chi connectivity index (χ1v) is 7.92. The maximum Gasteiger partial charge on any atom is 0.263 e. The van der Waals surface area contributed by atoms with Crippen molar-refractivity contribution in [1.82, 2.24) is 15.1 Å². The van der Waals surface area contributed by atoms with Crippen LogP contribution in [0.4, 0.5) is 0 Å². The fraction of sp³-hybridized carbons (Fsp3) is 0.471. The van der Waals surface area contributed by atoms with Gasteiger partial charge >= 0.3 is 0 Å². The monoisotopic (exact) mass is 330 g/mol. The summed E-state index contributed by atoms with van der Waals surface area (Å²) < 4.78 is 5.66. The summed E-state index contributed by atoms with van der Waals surface area (Å²) in [5.41, 5.74) is 0.550. The second-order valence-corrected chi connectivity index (χ2v) is 5.67. The molecule has 1 unspecified atom stereocenters. The second-order valence-electron chi connectivity index (χ2n) is 5.67. The SMILES string of the molecule is CNC(=O)CN1CCN(C(=O)C(C)Oc2ccc(C#N)cc2)CC1. The van der Waals surface area contributed by atoms with Crippen LogP contribution in [-0.4, -0.2) is 67.5 Å². The van der Waals surface area contributed by atoms with Gasteiger partial charge in [-0.15, -0.1) is 0 Å². The topological polar surface area (TPSA) is 85.7 Å². The van der Waals surface area contributed by atoms with Crippen LogP contribution in [0.25, 0.3) is 0 Å². The number of nitrogens with zero attached hydrogens (tertiary/aromatic N) is 3. The van der Waals surface area contributed by atoms with Gasteiger partial charge in [0.05, 0.1) is 18.2 Å². The van der Waals surface area contributed by atoms with Gasteiger partial charge in [-0.05, 0) is 31.2 Å². The second kappa shape index (κ2) is 8.31. The summed E-state index contributed by atoms with van der Waals surface area (Å²) in [6.07, 6.45) is -0.594. The number of hydrogen-bond acceptors (Lipinski definition) is 5. The Morgan fingerprint density at radius 3 is 2.42 bits per heavy atom. The van der Waals surface area contributed by atoms with Crippen molar-refractivity contribution < 1.29 is 14.3 Å². The van der Waals surface area contributed by atoms with Crippen molar-refractivity contribution in [1.29, 1.82) is 5.26 Å². The highest BCUT2D eigenvalue weighted by Gasteiger charge is 2.26. The molecule has 1 heterocycles. The van der Waals surface area contributed by atoms with Gasteiger partial charge in [-0.1, -0.05) is 0 Å². The zero-order valence-corrected chi connectivity index (χ0v) is 14.0. The molecule has 0 spiro atoms. The molecule has 1 aliphatic heterocycles. The molecule has 1 N–H and O–H groups in total. The van der Waals surface area contributed by atoms with Gasteiger partial charge in [-0.2, -0.15) is 5.26 Å². The molecule has 1 atom stereocenters. The van der Waals surface area contributed by atoms with Crippen LogP contribution in [0, 0.1) is 11.3 Å². The third-order valence-corrected chi connectivity index (χ3v) is 3.97. The van der Waals surface area contributed by atoms with Crippen molar-refractivity contribution in [3.8, 4) is 11.8 Å². The van der Waals surface area contributed by atoms with Crippen LogP contribution in [0.5, 0.6) is 5.75 Å². The first-order chi connectivity index (χ1) is 11.5. The maximum absolute atomic E-state index is 12.5. The molecule has 7 heteroatoms. The van der Waals surface area contributed by atoms with Crippen LogP contribution < -0.4 is 10.1 Å². The third-order valence-electron chi connectivity index (χ3n) is 3.97. The van der Waals surface area contributed by atoms with E-state index in [0.717, 1.165) is 0 Å². The van der Waals surface area contributed by atoms with Crippen LogP contribution in [0.2, 0.25) is 0 Å². The van der Waals surface area contributed by atoms with E-state index in [4.69, 9.17) is 10.00 Å². The molecule has 1 aromatic carbocycles. The Hall–Kier alpha value is -2.59. The molecule has 0 aromatic heterocycles. The van der Waals surface area contributed by atoms with E-state index in [0.29, 0.717) is 44.0 Å². The predicted molar refractivity (Wildman–Crippen MR) is 88.3 cm³/mol. The largest absolute Gasteiger partial charge is 0.481 e. The lowest BCUT2D eigenvalue weighted by atomic mass is 10.2. The lowest BCUT2D eigenvalue weighted by molar-refractivity contribution is -0.139. The van der Waals surface area contributed by atoms with E-state index in [1.54, 1.807) is 43.1 Å². The van der Waals surface area contributed by atoms with E-state index in [1.807, 2.05) is 11.0 Å². The lowest BCUT2D eigenvalue weighted by Crippen LogP contribution is -2.53. The number of carbonyl (C=O) groups is 2. The Bertz CT molecular complexity index is 616. The first-order valence-electron chi connectivity index (χ1n) is 7.92. The summed E-state index contributed by atoms with van der Waals surface area (Å²) in [5.74, 6) is 0.472. The molecule has 7 nitrogen and oxygen atoms in total. The summed E-state index contributed by atoms with van der Waals surface area (Å²) in [7, 11) is 1.62. The number of carbonyl (C=O) groups excluding carboxylic acids is 2. The fourth-order valence-electron chi connectivity index (χ4n) is 2.53. The molecule has 2 rings (SSSR count). The quantitative estimate of drug-likeness (QED) is 0.834. The third kappa shape index (κ3) is 4.70. The van der Waals surface area contributed by atoms with Crippen molar-refractivity contribution in [2.24, 2.45) is 0 Å². The number of ether oxygens (including phenoxy) is 1. The van der Waals surface area contributed by atoms with Gasteiger partial charge in [0.1, 0.15) is 5.75 Å². The normalized spacial score (nSPS) is 16.1. The fourth-order valence-corrected chi connectivity index (χ4v) is 2.53. The number of likely N-dealkylation sites (N-methyl/N-ethyl adjacent to an activating group) is 1. The number of amides is 2. The van der Waals surface area contributed by atoms with Crippen molar-refractivity contribution in [3.63, 3.8) is 0 Å². The van der Waals surface area contributed by atoms with E-state index in [1.165, 1.54) is 0 Å². The minimum Gasteiger partial charge on any atom is -0.481 e. The average Bonchev–Trinajstić information content (AvgIpc) is 2.62. The minimum atomic E-state index is -0.594. The predicted octanol–water partition coefficient (Wildman–Crippen LogP) is 0.216. The molecule has 0 aliphatic carbocycles. The summed E-state index contributed by atoms with van der Waals surface area (Å²) in [6.45, 7) is 4.58. The molecule has 128 valence electrons. The summed E-state index contributed by atoms with van der Waals surface area (Å²) in [5, 5.41) is 11.4. The number of rotatable bonds is 5. The lowest BCUT2D eigenvalue weighted by Gasteiger charge is -2.35. The van der Waals surface area contributed by atoms with Crippen molar-refractivity contribution in [2.75, 3.05) is 39.8 Å². The molecule has 0 saturated carbocycles. The maximum atomic E-state index is 12.5. The van der Waals surface area contributed by atoms with Crippen LogP contribution in [-0.2, 0) is 9.59 Å². The van der Waals surface area contributed by atoms with Gasteiger partial charge in [-0.3, -0.25) is 14.5 Å². The van der Waals surface area contributed by atoms with Gasteiger partial charge in [0.2, 0.25) is 5.91 Å². The molecule has 2 amide bonds. The standard InChI is InChI=1S/C17H22N4O3/c1-13(24-15-5-3-14(11-18)4-6-15)17(23)21-9-7-20(8-10-21)12-16(22)19-2/h3-6,13H,7-10,12H2,1-2H3,(H,19,22). The van der Waals surface area contributed by atoms with Gasteiger partial charge in [0.25, 0.3) is 5.91 Å². The smallest absolute Gasteiger partial charge is 0.263 e. The molecule has 1 fully saturated rings. The Labute approximate surface area is 141 Å². The van der Waals surface area contributed by atoms with E-state index in [-0.39, 0.29) is 11.8 Å². The van der Waals surface area contributed by atoms with E-state index >= 15 is 0 Å². The highest BCUT2D eigenvalue weighted by Crippen LogP contribution is 2.15. The Morgan fingerprint density at radius 1 is 1.25 bits per heavy atom. The highest BCUT2D eigenvalue weighted by molar-refractivity contribution is 5.81. The number of nitriles is 1. The Morgan fingerprint density at radius 2 is 1.88 bits per heavy atom. The summed E-state index contributed by atoms with van der Waals surface area (Å²) in [4.78, 5) is 27.6. The summed E-state index contributed by atoms with van der Waals surface area (Å²) in [6, 6.07) is 8.72. The molecule has 1 aromatic rings. The summed E-state index contributed by atoms with van der Waals surface area (Å²) >= 11 is 0. The molecule has 0 radical (unpaired) electrons. The van der Waals surface area contributed by atoms with Gasteiger partial charge < -0.3 is 15.0 Å². The highest BCUT2D eigenvalue weighted by atomic mass is 16.5. The van der Waals surface area contributed by atoms with E-state index in [2.05, 4.69) is 5.32 Å². The van der Waals surface area contributed by atoms with Crippen molar-refractivity contribution in [3.05, 3.63) is 29.8 Å². The van der Waals surface area contributed by atoms with Crippen LogP contribution in [0.3, 0.4) is 0 Å². The number of piperazine rings is 1. The molecule has 24 heavy (non-hydrogen) atoms. The molecule has 1 aliphatic rings. The number of nitrogens with one attached hydrogen (secondary N) is 1. The number of hydrogen-bond donors (Lipinski definition) is 1. The van der Waals surface area contributed by atoms with Crippen LogP contribution in [0.15, 0.2) is 24.3 Å². The molecule has 1 saturated heterocycles. The van der Waals surface area contributed by atoms with E-state index in [9.17, 15) is 9.59 Å². The van der Waals surface area contributed by atoms with Gasteiger partial charge in [0.15, 0.2) is 6.10 Å². The number of benzene rings is 1. The van der Waals surface area contributed by atoms with Gasteiger partial charge in [-0.25, -0.2) is 0 Å². The van der Waals surface area contributed by atoms with Crippen molar-refractivity contribution in [2.45, 2.75) is 13.0 Å². The van der Waals surface area contributed by atoms with Crippen LogP contribution in [0.1, 0.15) is 12.5 Å². The minimum absolute atomic E-state index is 0.0210. The zero-order chi connectivity index (χ0) is 17.5. The van der Waals surface area contributed by atoms with E-state index < -0.39 is 6.10 Å². The Kier molecular flexibility index (Phi) is 6.15. The molecular formula is C17H22N4O3. The average molecular weight is 330 g/mol. The molecular weight excluding hydrogens is 308 g/mol. The first kappa shape index (κ1) is 17.8. The molecule has 0 bridgehead atoms. The Balaban J connectivity index is 1.83.